The van der Waals surface area contributed by atoms with Gasteiger partial charge in [0.2, 0.25) is 0 Å². The summed E-state index contributed by atoms with van der Waals surface area (Å²) in [5.74, 6) is 0.706. The lowest BCUT2D eigenvalue weighted by Crippen LogP contribution is -2.35. The molecule has 0 radical (unpaired) electrons. The maximum atomic E-state index is 13.2. The summed E-state index contributed by atoms with van der Waals surface area (Å²) in [6.45, 7) is 3.02. The molecule has 30 heavy (non-hydrogen) atoms. The van der Waals surface area contributed by atoms with Crippen LogP contribution in [0.2, 0.25) is 0 Å². The molecule has 1 aromatic heterocycles. The van der Waals surface area contributed by atoms with Crippen molar-refractivity contribution >= 4 is 28.8 Å². The minimum absolute atomic E-state index is 0.0250. The number of amides is 1. The molecule has 0 saturated carbocycles. The number of benzene rings is 2. The second-order valence-corrected chi connectivity index (χ2v) is 7.98. The first-order valence-electron chi connectivity index (χ1n) is 10.8. The zero-order valence-corrected chi connectivity index (χ0v) is 17.1. The maximum absolute atomic E-state index is 13.2. The average Bonchev–Trinajstić information content (AvgIpc) is 3.34. The van der Waals surface area contributed by atoms with Gasteiger partial charge in [0.05, 0.1) is 0 Å². The van der Waals surface area contributed by atoms with E-state index in [-0.39, 0.29) is 5.91 Å². The van der Waals surface area contributed by atoms with Crippen molar-refractivity contribution in [3.8, 4) is 0 Å². The van der Waals surface area contributed by atoms with E-state index < -0.39 is 0 Å². The predicted molar refractivity (Wildman–Crippen MR) is 122 cm³/mol. The lowest BCUT2D eigenvalue weighted by Gasteiger charge is -2.29. The van der Waals surface area contributed by atoms with Gasteiger partial charge in [-0.2, -0.15) is 0 Å². The van der Waals surface area contributed by atoms with E-state index in [0.29, 0.717) is 11.4 Å². The fourth-order valence-electron chi connectivity index (χ4n) is 4.41. The number of carbonyl (C=O) groups is 1. The third-order valence-electron chi connectivity index (χ3n) is 5.97. The molecule has 3 heterocycles. The Kier molecular flexibility index (Phi) is 5.10. The van der Waals surface area contributed by atoms with Gasteiger partial charge in [0.15, 0.2) is 0 Å². The molecule has 5 rings (SSSR count). The molecule has 2 aliphatic rings. The summed E-state index contributed by atoms with van der Waals surface area (Å²) in [6.07, 6.45) is 6.25. The summed E-state index contributed by atoms with van der Waals surface area (Å²) >= 11 is 0. The van der Waals surface area contributed by atoms with E-state index >= 15 is 0 Å². The number of para-hydroxylation sites is 1. The number of fused-ring (bicyclic) bond motifs is 1. The van der Waals surface area contributed by atoms with Gasteiger partial charge in [-0.05, 0) is 73.7 Å². The first kappa shape index (κ1) is 18.7. The minimum atomic E-state index is 0.0250. The maximum Gasteiger partial charge on any atom is 0.258 e. The molecule has 1 N–H and O–H groups in total. The van der Waals surface area contributed by atoms with Crippen molar-refractivity contribution in [1.29, 1.82) is 0 Å². The number of hydrogen-bond acceptors (Lipinski definition) is 4. The van der Waals surface area contributed by atoms with E-state index in [1.807, 2.05) is 29.2 Å². The van der Waals surface area contributed by atoms with Crippen molar-refractivity contribution in [2.75, 3.05) is 34.8 Å². The molecule has 0 bridgehead atoms. The standard InChI is InChI=1S/C25H26N4O/c30-25(29-17-5-7-19-6-1-2-8-23(19)29)20-13-14-26-24(18-20)27-21-9-11-22(12-10-21)28-15-3-4-16-28/h1-2,6,8-14,18H,3-5,7,15-17H2,(H,26,27). The highest BCUT2D eigenvalue weighted by atomic mass is 16.2. The van der Waals surface area contributed by atoms with Crippen LogP contribution in [-0.4, -0.2) is 30.5 Å². The van der Waals surface area contributed by atoms with Crippen LogP contribution in [0.3, 0.4) is 0 Å². The lowest BCUT2D eigenvalue weighted by atomic mass is 10.0. The van der Waals surface area contributed by atoms with Gasteiger partial charge in [-0.1, -0.05) is 18.2 Å². The number of anilines is 4. The van der Waals surface area contributed by atoms with Crippen LogP contribution in [0, 0.1) is 0 Å². The van der Waals surface area contributed by atoms with Crippen molar-refractivity contribution in [2.45, 2.75) is 25.7 Å². The highest BCUT2D eigenvalue weighted by Gasteiger charge is 2.23. The molecule has 0 atom stereocenters. The second-order valence-electron chi connectivity index (χ2n) is 7.98. The molecule has 1 fully saturated rings. The molecule has 2 aromatic carbocycles. The topological polar surface area (TPSA) is 48.5 Å². The molecule has 0 spiro atoms. The Morgan fingerprint density at radius 2 is 1.70 bits per heavy atom. The first-order chi connectivity index (χ1) is 14.8. The normalized spacial score (nSPS) is 15.7. The van der Waals surface area contributed by atoms with Gasteiger partial charge in [-0.25, -0.2) is 4.98 Å². The largest absolute Gasteiger partial charge is 0.372 e. The Morgan fingerprint density at radius 3 is 2.53 bits per heavy atom. The summed E-state index contributed by atoms with van der Waals surface area (Å²) in [6, 6.07) is 20.3. The molecular weight excluding hydrogens is 372 g/mol. The molecule has 5 heteroatoms. The third-order valence-corrected chi connectivity index (χ3v) is 5.97. The van der Waals surface area contributed by atoms with E-state index in [1.54, 1.807) is 12.3 Å². The molecule has 5 nitrogen and oxygen atoms in total. The highest BCUT2D eigenvalue weighted by Crippen LogP contribution is 2.29. The smallest absolute Gasteiger partial charge is 0.258 e. The Morgan fingerprint density at radius 1 is 0.900 bits per heavy atom. The molecule has 3 aromatic rings. The van der Waals surface area contributed by atoms with Gasteiger partial charge in [-0.15, -0.1) is 0 Å². The van der Waals surface area contributed by atoms with Crippen LogP contribution in [0.15, 0.2) is 66.9 Å². The third kappa shape index (κ3) is 3.75. The van der Waals surface area contributed by atoms with E-state index in [0.717, 1.165) is 43.9 Å². The van der Waals surface area contributed by atoms with E-state index in [9.17, 15) is 4.79 Å². The molecule has 1 amide bonds. The Hall–Kier alpha value is -3.34. The van der Waals surface area contributed by atoms with Gasteiger partial charge >= 0.3 is 0 Å². The molecule has 2 aliphatic heterocycles. The number of pyridine rings is 1. The monoisotopic (exact) mass is 398 g/mol. The summed E-state index contributed by atoms with van der Waals surface area (Å²) in [5.41, 5.74) is 5.15. The molecule has 1 saturated heterocycles. The number of nitrogens with zero attached hydrogens (tertiary/aromatic N) is 3. The quantitative estimate of drug-likeness (QED) is 0.670. The first-order valence-corrected chi connectivity index (χ1v) is 10.8. The van der Waals surface area contributed by atoms with E-state index in [2.05, 4.69) is 45.5 Å². The summed E-state index contributed by atoms with van der Waals surface area (Å²) < 4.78 is 0. The van der Waals surface area contributed by atoms with Crippen LogP contribution in [-0.2, 0) is 6.42 Å². The van der Waals surface area contributed by atoms with Gasteiger partial charge in [0.1, 0.15) is 5.82 Å². The number of aryl methyl sites for hydroxylation is 1. The summed E-state index contributed by atoms with van der Waals surface area (Å²) in [7, 11) is 0. The zero-order valence-electron chi connectivity index (χ0n) is 17.1. The molecule has 0 unspecified atom stereocenters. The van der Waals surface area contributed by atoms with Crippen molar-refractivity contribution < 1.29 is 4.79 Å². The zero-order chi connectivity index (χ0) is 20.3. The Bertz CT molecular complexity index is 1040. The van der Waals surface area contributed by atoms with Gasteiger partial charge < -0.3 is 15.1 Å². The molecule has 0 aliphatic carbocycles. The Balaban J connectivity index is 1.33. The summed E-state index contributed by atoms with van der Waals surface area (Å²) in [5, 5.41) is 3.34. The minimum Gasteiger partial charge on any atom is -0.372 e. The van der Waals surface area contributed by atoms with Gasteiger partial charge in [-0.3, -0.25) is 4.79 Å². The van der Waals surface area contributed by atoms with Gasteiger partial charge in [0.25, 0.3) is 5.91 Å². The SMILES string of the molecule is O=C(c1ccnc(Nc2ccc(N3CCCC3)cc2)c1)N1CCCc2ccccc21. The van der Waals surface area contributed by atoms with Crippen LogP contribution in [0.1, 0.15) is 35.2 Å². The Labute approximate surface area is 177 Å². The van der Waals surface area contributed by atoms with Crippen LogP contribution < -0.4 is 15.1 Å². The van der Waals surface area contributed by atoms with Crippen LogP contribution in [0.4, 0.5) is 22.9 Å². The molecule has 152 valence electrons. The van der Waals surface area contributed by atoms with Crippen LogP contribution in [0.5, 0.6) is 0 Å². The van der Waals surface area contributed by atoms with Crippen molar-refractivity contribution in [2.24, 2.45) is 0 Å². The second kappa shape index (κ2) is 8.19. The number of rotatable bonds is 4. The van der Waals surface area contributed by atoms with Crippen LogP contribution >= 0.6 is 0 Å². The highest BCUT2D eigenvalue weighted by molar-refractivity contribution is 6.07. The average molecular weight is 399 g/mol. The van der Waals surface area contributed by atoms with Crippen molar-refractivity contribution in [1.82, 2.24) is 4.98 Å². The fraction of sp³-hybridized carbons (Fsp3) is 0.280. The predicted octanol–water partition coefficient (Wildman–Crippen LogP) is 5.02. The van der Waals surface area contributed by atoms with Gasteiger partial charge in [0, 0.05) is 48.5 Å². The fourth-order valence-corrected chi connectivity index (χ4v) is 4.41. The van der Waals surface area contributed by atoms with Crippen LogP contribution in [0.25, 0.3) is 0 Å². The van der Waals surface area contributed by atoms with Crippen molar-refractivity contribution in [3.63, 3.8) is 0 Å². The number of carbonyl (C=O) groups excluding carboxylic acids is 1. The van der Waals surface area contributed by atoms with Crippen molar-refractivity contribution in [3.05, 3.63) is 78.0 Å². The lowest BCUT2D eigenvalue weighted by molar-refractivity contribution is 0.0985. The summed E-state index contributed by atoms with van der Waals surface area (Å²) in [4.78, 5) is 21.9. The molecular formula is C25H26N4O. The number of aromatic nitrogens is 1. The number of hydrogen-bond donors (Lipinski definition) is 1. The number of nitrogens with one attached hydrogen (secondary N) is 1. The van der Waals surface area contributed by atoms with E-state index in [1.165, 1.54) is 24.1 Å². The van der Waals surface area contributed by atoms with E-state index in [4.69, 9.17) is 0 Å².